The Morgan fingerprint density at radius 1 is 1.24 bits per heavy atom. The third-order valence-corrected chi connectivity index (χ3v) is 3.67. The van der Waals surface area contributed by atoms with Crippen molar-refractivity contribution in [2.45, 2.75) is 19.9 Å². The molecule has 0 unspecified atom stereocenters. The lowest BCUT2D eigenvalue weighted by Crippen LogP contribution is -2.36. The summed E-state index contributed by atoms with van der Waals surface area (Å²) in [4.78, 5) is 16.7. The number of fused-ring (bicyclic) bond motifs is 1. The maximum atomic E-state index is 12.4. The molecule has 0 spiro atoms. The van der Waals surface area contributed by atoms with Gasteiger partial charge in [0.1, 0.15) is 23.7 Å². The van der Waals surface area contributed by atoms with E-state index < -0.39 is 0 Å². The normalized spacial score (nSPS) is 12.0. The van der Waals surface area contributed by atoms with Gasteiger partial charge >= 0.3 is 0 Å². The van der Waals surface area contributed by atoms with Crippen LogP contribution < -0.4 is 14.8 Å². The predicted molar refractivity (Wildman–Crippen MR) is 93.1 cm³/mol. The summed E-state index contributed by atoms with van der Waals surface area (Å²) in [5.41, 5.74) is 1.95. The fourth-order valence-corrected chi connectivity index (χ4v) is 2.36. The number of carbonyl (C=O) groups is 1. The summed E-state index contributed by atoms with van der Waals surface area (Å²) in [6.45, 7) is 4.15. The van der Waals surface area contributed by atoms with E-state index >= 15 is 0 Å². The lowest BCUT2D eigenvalue weighted by Gasteiger charge is -2.14. The van der Waals surface area contributed by atoms with E-state index in [0.717, 1.165) is 17.1 Å². The zero-order chi connectivity index (χ0) is 17.8. The predicted octanol–water partition coefficient (Wildman–Crippen LogP) is 2.24. The summed E-state index contributed by atoms with van der Waals surface area (Å²) in [5, 5.41) is 7.07. The van der Waals surface area contributed by atoms with Crippen molar-refractivity contribution in [2.24, 2.45) is 0 Å². The van der Waals surface area contributed by atoms with Gasteiger partial charge in [-0.05, 0) is 43.7 Å². The first-order valence-electron chi connectivity index (χ1n) is 7.94. The smallest absolute Gasteiger partial charge is 0.257 e. The maximum absolute atomic E-state index is 12.4. The van der Waals surface area contributed by atoms with Crippen molar-refractivity contribution in [3.63, 3.8) is 0 Å². The largest absolute Gasteiger partial charge is 0.497 e. The van der Waals surface area contributed by atoms with E-state index in [1.807, 2.05) is 44.3 Å². The molecule has 25 heavy (non-hydrogen) atoms. The van der Waals surface area contributed by atoms with Gasteiger partial charge in [0.25, 0.3) is 5.91 Å². The van der Waals surface area contributed by atoms with Crippen molar-refractivity contribution in [3.05, 3.63) is 54.0 Å². The summed E-state index contributed by atoms with van der Waals surface area (Å²) in [6, 6.07) is 7.13. The van der Waals surface area contributed by atoms with Crippen LogP contribution >= 0.6 is 0 Å². The van der Waals surface area contributed by atoms with Crippen molar-refractivity contribution in [2.75, 3.05) is 13.7 Å². The molecule has 2 aromatic heterocycles. The average molecular weight is 340 g/mol. The van der Waals surface area contributed by atoms with Crippen LogP contribution in [0.3, 0.4) is 0 Å². The Hall–Kier alpha value is -3.09. The SMILES string of the molecule is COc1ccc(OC[C@@H](C)NC(=O)c2cnn3cc(C)cnc23)cc1. The first-order valence-corrected chi connectivity index (χ1v) is 7.94. The lowest BCUT2D eigenvalue weighted by atomic mass is 10.2. The van der Waals surface area contributed by atoms with Crippen molar-refractivity contribution in [3.8, 4) is 11.5 Å². The molecule has 3 rings (SSSR count). The van der Waals surface area contributed by atoms with Crippen molar-refractivity contribution < 1.29 is 14.3 Å². The Morgan fingerprint density at radius 2 is 1.96 bits per heavy atom. The molecule has 2 heterocycles. The number of aromatic nitrogens is 3. The highest BCUT2D eigenvalue weighted by Gasteiger charge is 2.16. The quantitative estimate of drug-likeness (QED) is 0.745. The van der Waals surface area contributed by atoms with Crippen molar-refractivity contribution >= 4 is 11.6 Å². The zero-order valence-electron chi connectivity index (χ0n) is 14.4. The molecule has 1 amide bonds. The number of hydrogen-bond donors (Lipinski definition) is 1. The molecule has 0 radical (unpaired) electrons. The topological polar surface area (TPSA) is 77.8 Å². The molecule has 0 fully saturated rings. The fourth-order valence-electron chi connectivity index (χ4n) is 2.36. The van der Waals surface area contributed by atoms with Crippen molar-refractivity contribution in [1.29, 1.82) is 0 Å². The molecule has 1 aromatic carbocycles. The van der Waals surface area contributed by atoms with Crippen LogP contribution in [0, 0.1) is 6.92 Å². The molecule has 130 valence electrons. The van der Waals surface area contributed by atoms with Crippen LogP contribution in [-0.2, 0) is 0 Å². The number of rotatable bonds is 6. The summed E-state index contributed by atoms with van der Waals surface area (Å²) >= 11 is 0. The second-order valence-electron chi connectivity index (χ2n) is 5.82. The third-order valence-electron chi connectivity index (χ3n) is 3.67. The van der Waals surface area contributed by atoms with Crippen LogP contribution in [0.25, 0.3) is 5.65 Å². The second-order valence-corrected chi connectivity index (χ2v) is 5.82. The monoisotopic (exact) mass is 340 g/mol. The first kappa shape index (κ1) is 16.8. The summed E-state index contributed by atoms with van der Waals surface area (Å²) in [7, 11) is 1.62. The van der Waals surface area contributed by atoms with E-state index in [4.69, 9.17) is 9.47 Å². The van der Waals surface area contributed by atoms with Gasteiger partial charge < -0.3 is 14.8 Å². The molecule has 7 nitrogen and oxygen atoms in total. The Kier molecular flexibility index (Phi) is 4.83. The van der Waals surface area contributed by atoms with E-state index in [1.165, 1.54) is 6.20 Å². The number of aryl methyl sites for hydroxylation is 1. The standard InChI is InChI=1S/C18H20N4O3/c1-12-8-19-17-16(9-20-22(17)10-12)18(23)21-13(2)11-25-15-6-4-14(24-3)5-7-15/h4-10,13H,11H2,1-3H3,(H,21,23)/t13-/m1/s1. The van der Waals surface area contributed by atoms with Gasteiger partial charge in [0, 0.05) is 12.4 Å². The van der Waals surface area contributed by atoms with Gasteiger partial charge in [0.2, 0.25) is 0 Å². The number of benzene rings is 1. The van der Waals surface area contributed by atoms with Gasteiger partial charge in [-0.15, -0.1) is 0 Å². The molecule has 7 heteroatoms. The van der Waals surface area contributed by atoms with Gasteiger partial charge in [0.15, 0.2) is 5.65 Å². The highest BCUT2D eigenvalue weighted by molar-refractivity contribution is 5.99. The Morgan fingerprint density at radius 3 is 2.68 bits per heavy atom. The second kappa shape index (κ2) is 7.21. The first-order chi connectivity index (χ1) is 12.1. The lowest BCUT2D eigenvalue weighted by molar-refractivity contribution is 0.0928. The van der Waals surface area contributed by atoms with Gasteiger partial charge in [0.05, 0.1) is 19.3 Å². The maximum Gasteiger partial charge on any atom is 0.257 e. The Labute approximate surface area is 145 Å². The Balaban J connectivity index is 1.59. The van der Waals surface area contributed by atoms with Crippen LogP contribution in [0.15, 0.2) is 42.9 Å². The van der Waals surface area contributed by atoms with Gasteiger partial charge in [-0.2, -0.15) is 5.10 Å². The van der Waals surface area contributed by atoms with E-state index in [2.05, 4.69) is 15.4 Å². The highest BCUT2D eigenvalue weighted by Crippen LogP contribution is 2.17. The number of nitrogens with one attached hydrogen (secondary N) is 1. The number of nitrogens with zero attached hydrogens (tertiary/aromatic N) is 3. The van der Waals surface area contributed by atoms with Crippen LogP contribution in [0.2, 0.25) is 0 Å². The van der Waals surface area contributed by atoms with Crippen LogP contribution in [0.1, 0.15) is 22.8 Å². The molecule has 3 aromatic rings. The zero-order valence-corrected chi connectivity index (χ0v) is 14.4. The van der Waals surface area contributed by atoms with Crippen molar-refractivity contribution in [1.82, 2.24) is 19.9 Å². The highest BCUT2D eigenvalue weighted by atomic mass is 16.5. The third kappa shape index (κ3) is 3.88. The van der Waals surface area contributed by atoms with E-state index in [0.29, 0.717) is 17.8 Å². The minimum Gasteiger partial charge on any atom is -0.497 e. The Bertz CT molecular complexity index is 874. The number of ether oxygens (including phenoxy) is 2. The average Bonchev–Trinajstić information content (AvgIpc) is 3.03. The summed E-state index contributed by atoms with van der Waals surface area (Å²) in [6.07, 6.45) is 5.06. The molecule has 0 saturated heterocycles. The number of methoxy groups -OCH3 is 1. The van der Waals surface area contributed by atoms with Gasteiger partial charge in [-0.3, -0.25) is 4.79 Å². The van der Waals surface area contributed by atoms with Crippen LogP contribution in [-0.4, -0.2) is 40.3 Å². The number of amides is 1. The molecule has 0 aliphatic rings. The van der Waals surface area contributed by atoms with Crippen LogP contribution in [0.5, 0.6) is 11.5 Å². The molecular weight excluding hydrogens is 320 g/mol. The molecule has 1 N–H and O–H groups in total. The van der Waals surface area contributed by atoms with Gasteiger partial charge in [-0.25, -0.2) is 9.50 Å². The molecule has 0 aliphatic heterocycles. The molecular formula is C18H20N4O3. The molecule has 1 atom stereocenters. The molecule has 0 saturated carbocycles. The number of carbonyl (C=O) groups excluding carboxylic acids is 1. The van der Waals surface area contributed by atoms with Crippen LogP contribution in [0.4, 0.5) is 0 Å². The summed E-state index contributed by atoms with van der Waals surface area (Å²) < 4.78 is 12.4. The van der Waals surface area contributed by atoms with E-state index in [1.54, 1.807) is 17.8 Å². The summed E-state index contributed by atoms with van der Waals surface area (Å²) in [5.74, 6) is 1.26. The molecule has 0 aliphatic carbocycles. The van der Waals surface area contributed by atoms with E-state index in [-0.39, 0.29) is 11.9 Å². The molecule has 0 bridgehead atoms. The van der Waals surface area contributed by atoms with Gasteiger partial charge in [-0.1, -0.05) is 0 Å². The number of hydrogen-bond acceptors (Lipinski definition) is 5. The van der Waals surface area contributed by atoms with E-state index in [9.17, 15) is 4.79 Å². The minimum atomic E-state index is -0.225. The fraction of sp³-hybridized carbons (Fsp3) is 0.278. The minimum absolute atomic E-state index is 0.171.